The van der Waals surface area contributed by atoms with Crippen LogP contribution in [0.1, 0.15) is 0 Å². The third-order valence-corrected chi connectivity index (χ3v) is 7.30. The van der Waals surface area contributed by atoms with Gasteiger partial charge in [0.1, 0.15) is 11.1 Å². The van der Waals surface area contributed by atoms with E-state index in [0.717, 1.165) is 28.4 Å². The second-order valence-electron chi connectivity index (χ2n) is 5.94. The number of carboxylic acid groups (broad SMARTS) is 1. The van der Waals surface area contributed by atoms with E-state index in [9.17, 15) is 24.6 Å². The first kappa shape index (κ1) is 21.4. The molecule has 2 atom stereocenters. The SMILES string of the molecule is Cn1nnnc1SCC1=C(C(=O)O)N2C(=O)C(O)(NC(=O)CSCC#N)[C@H]2SC1. The van der Waals surface area contributed by atoms with Gasteiger partial charge in [-0.25, -0.2) is 9.48 Å². The second kappa shape index (κ2) is 8.61. The van der Waals surface area contributed by atoms with E-state index in [1.807, 2.05) is 6.07 Å². The number of aryl methyl sites for hydroxylation is 1. The Hall–Kier alpha value is -2.28. The Morgan fingerprint density at radius 3 is 2.90 bits per heavy atom. The summed E-state index contributed by atoms with van der Waals surface area (Å²) in [5, 5.41) is 41.6. The molecule has 0 saturated carbocycles. The average molecular weight is 458 g/mol. The number of nitrogens with one attached hydrogen (secondary N) is 1. The zero-order valence-electron chi connectivity index (χ0n) is 14.9. The molecular formula is C14H15N7O5S3. The van der Waals surface area contributed by atoms with Gasteiger partial charge in [0.2, 0.25) is 11.1 Å². The van der Waals surface area contributed by atoms with Crippen molar-refractivity contribution in [3.05, 3.63) is 11.3 Å². The molecule has 1 fully saturated rings. The third-order valence-electron chi connectivity index (χ3n) is 4.02. The number of β-lactam (4-membered cyclic amide) rings is 1. The Bertz CT molecular complexity index is 929. The molecular weight excluding hydrogens is 442 g/mol. The lowest BCUT2D eigenvalue weighted by Gasteiger charge is -2.54. The van der Waals surface area contributed by atoms with Gasteiger partial charge >= 0.3 is 5.97 Å². The Morgan fingerprint density at radius 2 is 2.28 bits per heavy atom. The number of fused-ring (bicyclic) bond motifs is 1. The van der Waals surface area contributed by atoms with E-state index >= 15 is 0 Å². The molecule has 2 amide bonds. The number of carboxylic acids is 1. The maximum Gasteiger partial charge on any atom is 0.352 e. The summed E-state index contributed by atoms with van der Waals surface area (Å²) in [5.41, 5.74) is -1.90. The molecule has 154 valence electrons. The lowest BCUT2D eigenvalue weighted by molar-refractivity contribution is -0.185. The summed E-state index contributed by atoms with van der Waals surface area (Å²) in [6.45, 7) is 0. The van der Waals surface area contributed by atoms with Gasteiger partial charge in [-0.05, 0) is 16.0 Å². The average Bonchev–Trinajstić information content (AvgIpc) is 3.10. The number of aliphatic carboxylic acids is 1. The first-order valence-corrected chi connectivity index (χ1v) is 11.2. The van der Waals surface area contributed by atoms with E-state index in [1.54, 1.807) is 7.05 Å². The highest BCUT2D eigenvalue weighted by Crippen LogP contribution is 2.45. The normalized spacial score (nSPS) is 23.3. The number of nitrogens with zero attached hydrogens (tertiary/aromatic N) is 6. The highest BCUT2D eigenvalue weighted by atomic mass is 32.2. The minimum atomic E-state index is -2.18. The van der Waals surface area contributed by atoms with Crippen molar-refractivity contribution in [1.82, 2.24) is 30.4 Å². The van der Waals surface area contributed by atoms with Crippen molar-refractivity contribution in [3.63, 3.8) is 0 Å². The van der Waals surface area contributed by atoms with Crippen molar-refractivity contribution in [3.8, 4) is 6.07 Å². The standard InChI is InChI=1S/C14H15N7O5S3/c1-20-13(17-18-19-20)29-5-7-4-28-12-14(26,16-8(22)6-27-3-2-15)11(25)21(12)9(7)10(23)24/h12,26H,3-6H2,1H3,(H,16,22)(H,23,24)/t12-,14?/m1/s1. The van der Waals surface area contributed by atoms with Crippen molar-refractivity contribution >= 4 is 53.1 Å². The van der Waals surface area contributed by atoms with Crippen LogP contribution >= 0.6 is 35.3 Å². The highest BCUT2D eigenvalue weighted by Gasteiger charge is 2.65. The Kier molecular flexibility index (Phi) is 6.36. The molecule has 0 aliphatic carbocycles. The molecule has 12 nitrogen and oxygen atoms in total. The zero-order valence-corrected chi connectivity index (χ0v) is 17.4. The Labute approximate surface area is 177 Å². The maximum atomic E-state index is 12.6. The molecule has 3 rings (SSSR count). The van der Waals surface area contributed by atoms with Crippen molar-refractivity contribution in [2.24, 2.45) is 7.05 Å². The van der Waals surface area contributed by atoms with Crippen LogP contribution in [0.5, 0.6) is 0 Å². The van der Waals surface area contributed by atoms with Gasteiger partial charge in [-0.2, -0.15) is 5.26 Å². The lowest BCUT2D eigenvalue weighted by atomic mass is 9.99. The van der Waals surface area contributed by atoms with Crippen LogP contribution in [0, 0.1) is 11.3 Å². The lowest BCUT2D eigenvalue weighted by Crippen LogP contribution is -2.80. The number of tetrazole rings is 1. The molecule has 1 aromatic rings. The van der Waals surface area contributed by atoms with Crippen molar-refractivity contribution < 1.29 is 24.6 Å². The number of amides is 2. The third kappa shape index (κ3) is 4.06. The molecule has 29 heavy (non-hydrogen) atoms. The predicted octanol–water partition coefficient (Wildman–Crippen LogP) is -1.38. The molecule has 0 aromatic carbocycles. The second-order valence-corrected chi connectivity index (χ2v) is 8.93. The summed E-state index contributed by atoms with van der Waals surface area (Å²) >= 11 is 3.42. The zero-order chi connectivity index (χ0) is 21.2. The molecule has 0 bridgehead atoms. The number of aliphatic hydroxyl groups is 1. The topological polar surface area (TPSA) is 174 Å². The van der Waals surface area contributed by atoms with Gasteiger partial charge in [0.05, 0.1) is 17.6 Å². The van der Waals surface area contributed by atoms with Crippen LogP contribution in [-0.4, -0.2) is 87.2 Å². The monoisotopic (exact) mass is 457 g/mol. The van der Waals surface area contributed by atoms with E-state index in [0.29, 0.717) is 10.7 Å². The van der Waals surface area contributed by atoms with Crippen LogP contribution in [0.25, 0.3) is 0 Å². The number of hydrogen-bond acceptors (Lipinski definition) is 11. The minimum Gasteiger partial charge on any atom is -0.477 e. The smallest absolute Gasteiger partial charge is 0.352 e. The van der Waals surface area contributed by atoms with E-state index in [-0.39, 0.29) is 28.7 Å². The summed E-state index contributed by atoms with van der Waals surface area (Å²) in [5.74, 6) is -2.33. The fraction of sp³-hybridized carbons (Fsp3) is 0.500. The molecule has 3 N–H and O–H groups in total. The first-order chi connectivity index (χ1) is 13.8. The number of hydrogen-bond donors (Lipinski definition) is 3. The molecule has 3 heterocycles. The van der Waals surface area contributed by atoms with E-state index in [1.165, 1.54) is 16.4 Å². The molecule has 15 heteroatoms. The van der Waals surface area contributed by atoms with Gasteiger partial charge in [-0.1, -0.05) is 11.8 Å². The number of carbonyl (C=O) groups is 3. The van der Waals surface area contributed by atoms with Crippen LogP contribution < -0.4 is 5.32 Å². The number of nitriles is 1. The van der Waals surface area contributed by atoms with E-state index < -0.39 is 28.9 Å². The van der Waals surface area contributed by atoms with Gasteiger partial charge in [-0.3, -0.25) is 14.5 Å². The summed E-state index contributed by atoms with van der Waals surface area (Å²) < 4.78 is 1.44. The van der Waals surface area contributed by atoms with E-state index in [2.05, 4.69) is 20.8 Å². The Balaban J connectivity index is 1.74. The summed E-state index contributed by atoms with van der Waals surface area (Å²) in [6.07, 6.45) is 0. The fourth-order valence-electron chi connectivity index (χ4n) is 2.76. The minimum absolute atomic E-state index is 0.0953. The maximum absolute atomic E-state index is 12.6. The van der Waals surface area contributed by atoms with Gasteiger partial charge < -0.3 is 15.5 Å². The van der Waals surface area contributed by atoms with Crippen LogP contribution in [-0.2, 0) is 21.4 Å². The van der Waals surface area contributed by atoms with Gasteiger partial charge in [0, 0.05) is 18.6 Å². The molecule has 2 aliphatic rings. The fourth-order valence-corrected chi connectivity index (χ4v) is 5.55. The van der Waals surface area contributed by atoms with Crippen molar-refractivity contribution in [2.45, 2.75) is 16.3 Å². The van der Waals surface area contributed by atoms with Gasteiger partial charge in [0.25, 0.3) is 11.6 Å². The number of aromatic nitrogens is 4. The predicted molar refractivity (Wildman–Crippen MR) is 103 cm³/mol. The van der Waals surface area contributed by atoms with Crippen LogP contribution in [0.3, 0.4) is 0 Å². The number of thioether (sulfide) groups is 3. The van der Waals surface area contributed by atoms with Gasteiger partial charge in [0.15, 0.2) is 0 Å². The summed E-state index contributed by atoms with van der Waals surface area (Å²) in [4.78, 5) is 37.3. The molecule has 1 unspecified atom stereocenters. The Morgan fingerprint density at radius 1 is 1.52 bits per heavy atom. The van der Waals surface area contributed by atoms with Crippen LogP contribution in [0.4, 0.5) is 0 Å². The largest absolute Gasteiger partial charge is 0.477 e. The van der Waals surface area contributed by atoms with Crippen molar-refractivity contribution in [1.29, 1.82) is 5.26 Å². The highest BCUT2D eigenvalue weighted by molar-refractivity contribution is 8.01. The van der Waals surface area contributed by atoms with Gasteiger partial charge in [-0.15, -0.1) is 28.6 Å². The van der Waals surface area contributed by atoms with Crippen molar-refractivity contribution in [2.75, 3.05) is 23.0 Å². The molecule has 1 aromatic heterocycles. The summed E-state index contributed by atoms with van der Waals surface area (Å²) in [6, 6.07) is 1.87. The number of carbonyl (C=O) groups excluding carboxylic acids is 2. The van der Waals surface area contributed by atoms with Crippen LogP contribution in [0.15, 0.2) is 16.4 Å². The number of rotatable bonds is 8. The summed E-state index contributed by atoms with van der Waals surface area (Å²) in [7, 11) is 1.65. The quantitative estimate of drug-likeness (QED) is 0.181. The molecule has 1 saturated heterocycles. The molecule has 0 spiro atoms. The van der Waals surface area contributed by atoms with Crippen LogP contribution in [0.2, 0.25) is 0 Å². The molecule has 0 radical (unpaired) electrons. The van der Waals surface area contributed by atoms with E-state index in [4.69, 9.17) is 5.26 Å². The molecule has 2 aliphatic heterocycles. The first-order valence-electron chi connectivity index (χ1n) is 8.03.